The Labute approximate surface area is 335 Å². The van der Waals surface area contributed by atoms with Gasteiger partial charge in [-0.05, 0) is 30.3 Å². The summed E-state index contributed by atoms with van der Waals surface area (Å²) in [5.74, 6) is 1.99. The van der Waals surface area contributed by atoms with Crippen molar-refractivity contribution >= 4 is 84.8 Å². The van der Waals surface area contributed by atoms with Crippen molar-refractivity contribution in [1.82, 2.24) is 19.5 Å². The first-order chi connectivity index (χ1) is 28.2. The normalized spacial score (nSPS) is 11.9. The summed E-state index contributed by atoms with van der Waals surface area (Å²) in [6, 6.07) is 64.8. The van der Waals surface area contributed by atoms with Crippen LogP contribution >= 0.6 is 22.7 Å². The summed E-state index contributed by atoms with van der Waals surface area (Å²) in [6.07, 6.45) is 0. The molecular weight excluding hydrogens is 733 g/mol. The van der Waals surface area contributed by atoms with Crippen molar-refractivity contribution < 1.29 is 0 Å². The van der Waals surface area contributed by atoms with Gasteiger partial charge in [-0.15, -0.1) is 22.7 Å². The number of nitrogens with zero attached hydrogens (tertiary/aromatic N) is 4. The van der Waals surface area contributed by atoms with Crippen LogP contribution in [0.4, 0.5) is 0 Å². The molecule has 4 nitrogen and oxygen atoms in total. The minimum absolute atomic E-state index is 0.664. The van der Waals surface area contributed by atoms with E-state index in [1.807, 2.05) is 83.3 Å². The van der Waals surface area contributed by atoms with E-state index >= 15 is 0 Å². The molecule has 12 rings (SSSR count). The minimum atomic E-state index is 0.664. The molecule has 0 aliphatic heterocycles. The third-order valence-electron chi connectivity index (χ3n) is 11.1. The monoisotopic (exact) mass is 762 g/mol. The first kappa shape index (κ1) is 32.3. The molecule has 0 radical (unpaired) electrons. The maximum absolute atomic E-state index is 5.01. The van der Waals surface area contributed by atoms with Crippen molar-refractivity contribution in [1.29, 1.82) is 0 Å². The Morgan fingerprint density at radius 3 is 1.35 bits per heavy atom. The molecule has 0 amide bonds. The smallest absolute Gasteiger partial charge is 0.164 e. The van der Waals surface area contributed by atoms with E-state index in [9.17, 15) is 0 Å². The molecule has 57 heavy (non-hydrogen) atoms. The fourth-order valence-electron chi connectivity index (χ4n) is 8.43. The zero-order valence-electron chi connectivity index (χ0n) is 30.4. The standard InChI is InChI=1S/C51H30N4S2/c1-3-13-31(14-4-1)49-52-50(32-15-5-2-6-16-32)54-51(53-49)33-25-27-37-39-19-11-21-41(47(39)56-45(37)29-33)42-22-12-20-40-38-28-26-34(30-46(38)57-48(40)42)55-43-23-9-7-17-35(43)36-18-8-10-24-44(36)55/h1-30H. The summed E-state index contributed by atoms with van der Waals surface area (Å²) in [6.45, 7) is 0. The summed E-state index contributed by atoms with van der Waals surface area (Å²) in [7, 11) is 0. The molecule has 0 bridgehead atoms. The van der Waals surface area contributed by atoms with Gasteiger partial charge in [0.1, 0.15) is 0 Å². The van der Waals surface area contributed by atoms with Gasteiger partial charge in [0.2, 0.25) is 0 Å². The SMILES string of the molecule is c1ccc(-c2nc(-c3ccccc3)nc(-c3ccc4c(c3)sc3c(-c5cccc6c5sc5cc(-n7c8ccccc8c8ccccc87)ccc56)cccc34)n2)cc1. The molecule has 4 aromatic heterocycles. The maximum Gasteiger partial charge on any atom is 0.164 e. The number of para-hydroxylation sites is 2. The summed E-state index contributed by atoms with van der Waals surface area (Å²) in [5.41, 5.74) is 9.05. The highest BCUT2D eigenvalue weighted by Gasteiger charge is 2.19. The van der Waals surface area contributed by atoms with Crippen molar-refractivity contribution in [2.24, 2.45) is 0 Å². The van der Waals surface area contributed by atoms with Crippen molar-refractivity contribution in [2.75, 3.05) is 0 Å². The van der Waals surface area contributed by atoms with Gasteiger partial charge in [0.25, 0.3) is 0 Å². The molecule has 0 saturated carbocycles. The number of fused-ring (bicyclic) bond motifs is 9. The second-order valence-electron chi connectivity index (χ2n) is 14.4. The van der Waals surface area contributed by atoms with Gasteiger partial charge in [-0.2, -0.15) is 0 Å². The predicted octanol–water partition coefficient (Wildman–Crippen LogP) is 14.4. The molecule has 8 aromatic carbocycles. The van der Waals surface area contributed by atoms with Crippen LogP contribution in [0.25, 0.3) is 113 Å². The third-order valence-corrected chi connectivity index (χ3v) is 13.5. The lowest BCUT2D eigenvalue weighted by Gasteiger charge is -2.08. The molecule has 12 aromatic rings. The predicted molar refractivity (Wildman–Crippen MR) is 242 cm³/mol. The maximum atomic E-state index is 5.01. The highest BCUT2D eigenvalue weighted by Crippen LogP contribution is 2.46. The van der Waals surface area contributed by atoms with Crippen molar-refractivity contribution in [3.8, 4) is 51.0 Å². The molecule has 0 fully saturated rings. The number of rotatable bonds is 5. The van der Waals surface area contributed by atoms with E-state index in [1.54, 1.807) is 0 Å². The highest BCUT2D eigenvalue weighted by molar-refractivity contribution is 7.27. The summed E-state index contributed by atoms with van der Waals surface area (Å²) in [4.78, 5) is 14.9. The van der Waals surface area contributed by atoms with Gasteiger partial charge < -0.3 is 4.57 Å². The van der Waals surface area contributed by atoms with Crippen LogP contribution in [-0.2, 0) is 0 Å². The topological polar surface area (TPSA) is 43.6 Å². The number of aromatic nitrogens is 4. The fourth-order valence-corrected chi connectivity index (χ4v) is 11.0. The molecule has 0 aliphatic carbocycles. The Kier molecular flexibility index (Phi) is 7.24. The second kappa shape index (κ2) is 12.8. The van der Waals surface area contributed by atoms with E-state index in [0.717, 1.165) is 16.7 Å². The lowest BCUT2D eigenvalue weighted by Crippen LogP contribution is -1.99. The van der Waals surface area contributed by atoms with Crippen LogP contribution in [0.15, 0.2) is 182 Å². The van der Waals surface area contributed by atoms with E-state index in [-0.39, 0.29) is 0 Å². The molecule has 0 N–H and O–H groups in total. The van der Waals surface area contributed by atoms with Crippen molar-refractivity contribution in [2.45, 2.75) is 0 Å². The van der Waals surface area contributed by atoms with Crippen LogP contribution < -0.4 is 0 Å². The van der Waals surface area contributed by atoms with E-state index in [0.29, 0.717) is 17.5 Å². The van der Waals surface area contributed by atoms with Crippen LogP contribution in [0, 0.1) is 0 Å². The second-order valence-corrected chi connectivity index (χ2v) is 16.5. The Bertz CT molecular complexity index is 3410. The average Bonchev–Trinajstić information content (AvgIpc) is 3.96. The van der Waals surface area contributed by atoms with Crippen LogP contribution in [0.1, 0.15) is 0 Å². The van der Waals surface area contributed by atoms with Gasteiger partial charge in [-0.25, -0.2) is 15.0 Å². The minimum Gasteiger partial charge on any atom is -0.309 e. The van der Waals surface area contributed by atoms with Crippen LogP contribution in [0.5, 0.6) is 0 Å². The summed E-state index contributed by atoms with van der Waals surface area (Å²) >= 11 is 3.73. The quantitative estimate of drug-likeness (QED) is 0.175. The lowest BCUT2D eigenvalue weighted by molar-refractivity contribution is 1.07. The zero-order chi connectivity index (χ0) is 37.5. The van der Waals surface area contributed by atoms with E-state index in [2.05, 4.69) is 126 Å². The van der Waals surface area contributed by atoms with Crippen molar-refractivity contribution in [3.63, 3.8) is 0 Å². The van der Waals surface area contributed by atoms with Gasteiger partial charge >= 0.3 is 0 Å². The first-order valence-corrected chi connectivity index (χ1v) is 20.7. The molecular formula is C51H30N4S2. The average molecular weight is 763 g/mol. The molecule has 0 aliphatic rings. The van der Waals surface area contributed by atoms with Gasteiger partial charge in [-0.3, -0.25) is 0 Å². The fraction of sp³-hybridized carbons (Fsp3) is 0. The number of hydrogen-bond acceptors (Lipinski definition) is 5. The third kappa shape index (κ3) is 5.15. The Morgan fingerprint density at radius 1 is 0.333 bits per heavy atom. The molecule has 266 valence electrons. The Balaban J connectivity index is 0.995. The number of benzene rings is 8. The van der Waals surface area contributed by atoms with E-state index in [4.69, 9.17) is 15.0 Å². The highest BCUT2D eigenvalue weighted by atomic mass is 32.1. The van der Waals surface area contributed by atoms with Crippen LogP contribution in [0.2, 0.25) is 0 Å². The molecule has 6 heteroatoms. The van der Waals surface area contributed by atoms with Crippen molar-refractivity contribution in [3.05, 3.63) is 182 Å². The Morgan fingerprint density at radius 2 is 0.789 bits per heavy atom. The van der Waals surface area contributed by atoms with E-state index < -0.39 is 0 Å². The van der Waals surface area contributed by atoms with Gasteiger partial charge in [0.05, 0.1) is 11.0 Å². The van der Waals surface area contributed by atoms with Gasteiger partial charge in [0, 0.05) is 84.6 Å². The number of hydrogen-bond donors (Lipinski definition) is 0. The molecule has 0 spiro atoms. The molecule has 0 atom stereocenters. The molecule has 0 saturated heterocycles. The Hall–Kier alpha value is -6.99. The number of thiophene rings is 2. The summed E-state index contributed by atoms with van der Waals surface area (Å²) in [5, 5.41) is 7.63. The lowest BCUT2D eigenvalue weighted by atomic mass is 10.0. The molecule has 0 unspecified atom stereocenters. The van der Waals surface area contributed by atoms with Crippen LogP contribution in [0.3, 0.4) is 0 Å². The van der Waals surface area contributed by atoms with Gasteiger partial charge in [0.15, 0.2) is 17.5 Å². The van der Waals surface area contributed by atoms with Crippen LogP contribution in [-0.4, -0.2) is 19.5 Å². The van der Waals surface area contributed by atoms with E-state index in [1.165, 1.54) is 79.0 Å². The summed E-state index contributed by atoms with van der Waals surface area (Å²) < 4.78 is 7.49. The molecule has 4 heterocycles. The first-order valence-electron chi connectivity index (χ1n) is 19.0. The zero-order valence-corrected chi connectivity index (χ0v) is 32.1. The largest absolute Gasteiger partial charge is 0.309 e. The van der Waals surface area contributed by atoms with Gasteiger partial charge in [-0.1, -0.05) is 152 Å².